The molecule has 3 heteroatoms. The van der Waals surface area contributed by atoms with Crippen molar-refractivity contribution in [2.45, 2.75) is 45.1 Å². The maximum Gasteiger partial charge on any atom is 0.0484 e. The van der Waals surface area contributed by atoms with Crippen LogP contribution in [0, 0.1) is 5.92 Å². The summed E-state index contributed by atoms with van der Waals surface area (Å²) < 4.78 is 5.55. The Morgan fingerprint density at radius 2 is 2.06 bits per heavy atom. The lowest BCUT2D eigenvalue weighted by Gasteiger charge is -2.40. The van der Waals surface area contributed by atoms with Gasteiger partial charge in [-0.2, -0.15) is 0 Å². The van der Waals surface area contributed by atoms with Crippen LogP contribution in [0.5, 0.6) is 0 Å². The van der Waals surface area contributed by atoms with Crippen LogP contribution in [-0.4, -0.2) is 43.8 Å². The van der Waals surface area contributed by atoms with Crippen LogP contribution in [-0.2, 0) is 4.74 Å². The Morgan fingerprint density at radius 1 is 1.31 bits per heavy atom. The summed E-state index contributed by atoms with van der Waals surface area (Å²) in [5.74, 6) is 0.763. The molecule has 3 nitrogen and oxygen atoms in total. The minimum atomic E-state index is 0.186. The fourth-order valence-electron chi connectivity index (χ4n) is 2.42. The summed E-state index contributed by atoms with van der Waals surface area (Å²) in [6, 6.07) is 0. The molecule has 0 aromatic heterocycles. The van der Waals surface area contributed by atoms with Gasteiger partial charge in [0.15, 0.2) is 0 Å². The van der Waals surface area contributed by atoms with Crippen molar-refractivity contribution < 1.29 is 4.74 Å². The van der Waals surface area contributed by atoms with Crippen molar-refractivity contribution in [3.63, 3.8) is 0 Å². The molecule has 1 rings (SSSR count). The van der Waals surface area contributed by atoms with Crippen molar-refractivity contribution in [2.75, 3.05) is 33.4 Å². The number of nitrogens with two attached hydrogens (primary N) is 1. The molecule has 1 aliphatic heterocycles. The van der Waals surface area contributed by atoms with Gasteiger partial charge in [-0.15, -0.1) is 0 Å². The summed E-state index contributed by atoms with van der Waals surface area (Å²) in [6.07, 6.45) is 4.65. The molecule has 96 valence electrons. The largest absolute Gasteiger partial charge is 0.381 e. The van der Waals surface area contributed by atoms with Crippen LogP contribution in [0.15, 0.2) is 0 Å². The zero-order chi connectivity index (χ0) is 12.0. The minimum Gasteiger partial charge on any atom is -0.381 e. The van der Waals surface area contributed by atoms with Crippen LogP contribution >= 0.6 is 0 Å². The van der Waals surface area contributed by atoms with Crippen LogP contribution in [0.3, 0.4) is 0 Å². The van der Waals surface area contributed by atoms with Crippen LogP contribution in [0.1, 0.15) is 39.5 Å². The Bertz CT molecular complexity index is 186. The van der Waals surface area contributed by atoms with Crippen molar-refractivity contribution in [1.29, 1.82) is 0 Å². The first-order valence-electron chi connectivity index (χ1n) is 6.60. The van der Waals surface area contributed by atoms with E-state index in [9.17, 15) is 0 Å². The first kappa shape index (κ1) is 13.9. The number of likely N-dealkylation sites (N-methyl/N-ethyl adjacent to an activating group) is 1. The van der Waals surface area contributed by atoms with Gasteiger partial charge < -0.3 is 10.5 Å². The molecule has 0 amide bonds. The number of nitrogens with zero attached hydrogens (tertiary/aromatic N) is 1. The number of hydrogen-bond donors (Lipinski definition) is 1. The number of ether oxygens (including phenoxy) is 1. The first-order valence-corrected chi connectivity index (χ1v) is 6.60. The third kappa shape index (κ3) is 3.72. The fourth-order valence-corrected chi connectivity index (χ4v) is 2.42. The molecule has 1 unspecified atom stereocenters. The molecule has 0 bridgehead atoms. The standard InChI is InChI=1S/C13H28N2O/c1-12(2)5-8-15(3)13(11-14)6-4-9-16-10-7-13/h12H,4-11,14H2,1-3H3. The average molecular weight is 228 g/mol. The number of hydrogen-bond acceptors (Lipinski definition) is 3. The zero-order valence-corrected chi connectivity index (χ0v) is 11.2. The SMILES string of the molecule is CC(C)CCN(C)C1(CN)CCCOCC1. The topological polar surface area (TPSA) is 38.5 Å². The van der Waals surface area contributed by atoms with Crippen LogP contribution in [0.25, 0.3) is 0 Å². The Hall–Kier alpha value is -0.120. The van der Waals surface area contributed by atoms with E-state index in [1.807, 2.05) is 0 Å². The van der Waals surface area contributed by atoms with Crippen LogP contribution in [0.2, 0.25) is 0 Å². The van der Waals surface area contributed by atoms with Gasteiger partial charge in [-0.05, 0) is 45.2 Å². The van der Waals surface area contributed by atoms with E-state index >= 15 is 0 Å². The highest BCUT2D eigenvalue weighted by Crippen LogP contribution is 2.26. The molecule has 1 atom stereocenters. The molecule has 0 radical (unpaired) electrons. The summed E-state index contributed by atoms with van der Waals surface area (Å²) in [4.78, 5) is 2.47. The Morgan fingerprint density at radius 3 is 2.69 bits per heavy atom. The molecule has 0 aliphatic carbocycles. The van der Waals surface area contributed by atoms with E-state index in [1.54, 1.807) is 0 Å². The van der Waals surface area contributed by atoms with E-state index in [0.29, 0.717) is 0 Å². The molecule has 1 heterocycles. The molecule has 0 aromatic carbocycles. The monoisotopic (exact) mass is 228 g/mol. The summed E-state index contributed by atoms with van der Waals surface area (Å²) in [5, 5.41) is 0. The molecular weight excluding hydrogens is 200 g/mol. The van der Waals surface area contributed by atoms with Gasteiger partial charge in [0.2, 0.25) is 0 Å². The quantitative estimate of drug-likeness (QED) is 0.780. The van der Waals surface area contributed by atoms with Gasteiger partial charge in [0.25, 0.3) is 0 Å². The van der Waals surface area contributed by atoms with Gasteiger partial charge in [0.05, 0.1) is 0 Å². The molecule has 2 N–H and O–H groups in total. The molecule has 0 saturated carbocycles. The summed E-state index contributed by atoms with van der Waals surface area (Å²) in [6.45, 7) is 8.22. The van der Waals surface area contributed by atoms with Crippen molar-refractivity contribution in [1.82, 2.24) is 4.90 Å². The second-order valence-corrected chi connectivity index (χ2v) is 5.50. The second kappa shape index (κ2) is 6.58. The molecule has 0 aromatic rings. The smallest absolute Gasteiger partial charge is 0.0484 e. The third-order valence-electron chi connectivity index (χ3n) is 3.87. The van der Waals surface area contributed by atoms with E-state index in [0.717, 1.165) is 45.1 Å². The van der Waals surface area contributed by atoms with E-state index in [4.69, 9.17) is 10.5 Å². The molecular formula is C13H28N2O. The molecule has 16 heavy (non-hydrogen) atoms. The highest BCUT2D eigenvalue weighted by molar-refractivity contribution is 4.91. The minimum absolute atomic E-state index is 0.186. The number of rotatable bonds is 5. The summed E-state index contributed by atoms with van der Waals surface area (Å²) in [5.41, 5.74) is 6.20. The van der Waals surface area contributed by atoms with Crippen molar-refractivity contribution in [3.8, 4) is 0 Å². The van der Waals surface area contributed by atoms with Gasteiger partial charge in [-0.3, -0.25) is 4.90 Å². The molecule has 1 aliphatic rings. The van der Waals surface area contributed by atoms with Gasteiger partial charge in [-0.25, -0.2) is 0 Å². The first-order chi connectivity index (χ1) is 7.60. The van der Waals surface area contributed by atoms with Crippen LogP contribution in [0.4, 0.5) is 0 Å². The highest BCUT2D eigenvalue weighted by atomic mass is 16.5. The summed E-state index contributed by atoms with van der Waals surface area (Å²) in [7, 11) is 2.22. The lowest BCUT2D eigenvalue weighted by atomic mass is 9.88. The highest BCUT2D eigenvalue weighted by Gasteiger charge is 2.33. The molecule has 1 fully saturated rings. The van der Waals surface area contributed by atoms with Crippen molar-refractivity contribution >= 4 is 0 Å². The Balaban J connectivity index is 2.54. The van der Waals surface area contributed by atoms with Crippen LogP contribution < -0.4 is 5.73 Å². The van der Waals surface area contributed by atoms with Gasteiger partial charge in [0, 0.05) is 25.3 Å². The maximum absolute atomic E-state index is 6.02. The Kier molecular flexibility index (Phi) is 5.73. The second-order valence-electron chi connectivity index (χ2n) is 5.50. The van der Waals surface area contributed by atoms with E-state index in [2.05, 4.69) is 25.8 Å². The van der Waals surface area contributed by atoms with Crippen molar-refractivity contribution in [3.05, 3.63) is 0 Å². The predicted molar refractivity (Wildman–Crippen MR) is 68.5 cm³/mol. The maximum atomic E-state index is 6.02. The van der Waals surface area contributed by atoms with Gasteiger partial charge in [0.1, 0.15) is 0 Å². The molecule has 0 spiro atoms. The normalized spacial score (nSPS) is 27.4. The third-order valence-corrected chi connectivity index (χ3v) is 3.87. The summed E-state index contributed by atoms with van der Waals surface area (Å²) >= 11 is 0. The van der Waals surface area contributed by atoms with Gasteiger partial charge in [-0.1, -0.05) is 13.8 Å². The van der Waals surface area contributed by atoms with E-state index < -0.39 is 0 Å². The predicted octanol–water partition coefficient (Wildman–Crippen LogP) is 1.86. The fraction of sp³-hybridized carbons (Fsp3) is 1.00. The Labute approximate surface area is 100 Å². The zero-order valence-electron chi connectivity index (χ0n) is 11.2. The molecule has 1 saturated heterocycles. The average Bonchev–Trinajstić information content (AvgIpc) is 2.51. The van der Waals surface area contributed by atoms with E-state index in [-0.39, 0.29) is 5.54 Å². The lowest BCUT2D eigenvalue weighted by molar-refractivity contribution is 0.0854. The van der Waals surface area contributed by atoms with E-state index in [1.165, 1.54) is 12.8 Å². The van der Waals surface area contributed by atoms with Gasteiger partial charge >= 0.3 is 0 Å². The lowest BCUT2D eigenvalue weighted by Crippen LogP contribution is -2.52. The van der Waals surface area contributed by atoms with Crippen molar-refractivity contribution in [2.24, 2.45) is 11.7 Å².